The van der Waals surface area contributed by atoms with Gasteiger partial charge in [-0.05, 0) is 50.6 Å². The molecule has 0 saturated carbocycles. The average Bonchev–Trinajstić information content (AvgIpc) is 2.96. The van der Waals surface area contributed by atoms with Crippen LogP contribution in [0.1, 0.15) is 37.7 Å². The normalized spacial score (nSPS) is 11.0. The summed E-state index contributed by atoms with van der Waals surface area (Å²) in [5.74, 6) is 0.0868. The molecule has 0 radical (unpaired) electrons. The summed E-state index contributed by atoms with van der Waals surface area (Å²) in [7, 11) is 0. The predicted octanol–water partition coefficient (Wildman–Crippen LogP) is 4.56. The third-order valence-electron chi connectivity index (χ3n) is 3.03. The number of rotatable bonds is 3. The summed E-state index contributed by atoms with van der Waals surface area (Å²) in [6.45, 7) is 5.62. The number of pyridine rings is 1. The first-order valence-electron chi connectivity index (χ1n) is 6.87. The predicted molar refractivity (Wildman–Crippen MR) is 86.2 cm³/mol. The maximum atomic E-state index is 12.0. The maximum Gasteiger partial charge on any atom is 0.205 e. The van der Waals surface area contributed by atoms with Gasteiger partial charge in [-0.25, -0.2) is 0 Å². The summed E-state index contributed by atoms with van der Waals surface area (Å²) in [6, 6.07) is 11.7. The van der Waals surface area contributed by atoms with Crippen LogP contribution < -0.4 is 0 Å². The fourth-order valence-corrected chi connectivity index (χ4v) is 1.74. The lowest BCUT2D eigenvalue weighted by molar-refractivity contribution is 0.102. The SMILES string of the molecule is C/C=C(\C)C(=O)c1ccc2ccccn12.C/C=C\CC#N. The number of allylic oxidation sites excluding steroid dienone is 4. The van der Waals surface area contributed by atoms with Gasteiger partial charge in [0, 0.05) is 11.7 Å². The van der Waals surface area contributed by atoms with Crippen LogP contribution in [0.4, 0.5) is 0 Å². The number of ketones is 1. The molecule has 0 N–H and O–H groups in total. The Morgan fingerprint density at radius 2 is 2.05 bits per heavy atom. The third kappa shape index (κ3) is 4.47. The lowest BCUT2D eigenvalue weighted by atomic mass is 10.1. The number of nitrogens with zero attached hydrogens (tertiary/aromatic N) is 2. The Kier molecular flexibility index (Phi) is 6.70. The van der Waals surface area contributed by atoms with Crippen molar-refractivity contribution in [3.63, 3.8) is 0 Å². The number of Topliss-reactive ketones (excluding diaryl/α,β-unsaturated/α-hetero) is 1. The second-order valence-corrected chi connectivity index (χ2v) is 4.45. The van der Waals surface area contributed by atoms with Crippen LogP contribution in [0.25, 0.3) is 5.52 Å². The second kappa shape index (κ2) is 8.55. The first kappa shape index (κ1) is 16.5. The quantitative estimate of drug-likeness (QED) is 0.470. The van der Waals surface area contributed by atoms with Gasteiger partial charge in [-0.1, -0.05) is 24.3 Å². The minimum Gasteiger partial charge on any atom is -0.314 e. The molecule has 2 aromatic heterocycles. The molecule has 0 unspecified atom stereocenters. The fraction of sp³-hybridized carbons (Fsp3) is 0.222. The van der Waals surface area contributed by atoms with Crippen molar-refractivity contribution >= 4 is 11.3 Å². The molecule has 3 nitrogen and oxygen atoms in total. The van der Waals surface area contributed by atoms with Crippen LogP contribution in [-0.2, 0) is 0 Å². The molecular weight excluding hydrogens is 260 g/mol. The lowest BCUT2D eigenvalue weighted by Crippen LogP contribution is -2.04. The summed E-state index contributed by atoms with van der Waals surface area (Å²) >= 11 is 0. The van der Waals surface area contributed by atoms with E-state index in [-0.39, 0.29) is 5.78 Å². The number of aromatic nitrogens is 1. The van der Waals surface area contributed by atoms with Gasteiger partial charge in [0.05, 0.1) is 18.2 Å². The third-order valence-corrected chi connectivity index (χ3v) is 3.03. The molecule has 0 spiro atoms. The molecule has 0 fully saturated rings. The average molecular weight is 280 g/mol. The minimum absolute atomic E-state index is 0.0868. The van der Waals surface area contributed by atoms with Crippen molar-refractivity contribution in [2.45, 2.75) is 27.2 Å². The van der Waals surface area contributed by atoms with Gasteiger partial charge in [0.15, 0.2) is 0 Å². The van der Waals surface area contributed by atoms with E-state index in [1.54, 1.807) is 0 Å². The zero-order valence-corrected chi connectivity index (χ0v) is 12.7. The Morgan fingerprint density at radius 1 is 1.29 bits per heavy atom. The van der Waals surface area contributed by atoms with E-state index in [1.165, 1.54) is 0 Å². The van der Waals surface area contributed by atoms with Crippen LogP contribution in [0.5, 0.6) is 0 Å². The van der Waals surface area contributed by atoms with E-state index in [9.17, 15) is 4.79 Å². The number of carbonyl (C=O) groups excluding carboxylic acids is 1. The van der Waals surface area contributed by atoms with Gasteiger partial charge in [-0.2, -0.15) is 5.26 Å². The zero-order chi connectivity index (χ0) is 15.7. The van der Waals surface area contributed by atoms with Crippen molar-refractivity contribution in [1.82, 2.24) is 4.40 Å². The van der Waals surface area contributed by atoms with Gasteiger partial charge < -0.3 is 4.40 Å². The molecule has 0 aliphatic carbocycles. The van der Waals surface area contributed by atoms with Crippen LogP contribution in [0.15, 0.2) is 60.3 Å². The number of carbonyl (C=O) groups is 1. The highest BCUT2D eigenvalue weighted by atomic mass is 16.1. The molecule has 0 aliphatic rings. The van der Waals surface area contributed by atoms with Crippen molar-refractivity contribution in [2.75, 3.05) is 0 Å². The molecule has 2 heterocycles. The number of hydrogen-bond acceptors (Lipinski definition) is 2. The smallest absolute Gasteiger partial charge is 0.205 e. The monoisotopic (exact) mass is 280 g/mol. The lowest BCUT2D eigenvalue weighted by Gasteiger charge is -2.01. The van der Waals surface area contributed by atoms with Crippen LogP contribution in [0.3, 0.4) is 0 Å². The minimum atomic E-state index is 0.0868. The van der Waals surface area contributed by atoms with Crippen molar-refractivity contribution in [3.8, 4) is 6.07 Å². The van der Waals surface area contributed by atoms with E-state index in [2.05, 4.69) is 0 Å². The van der Waals surface area contributed by atoms with E-state index in [1.807, 2.05) is 86.0 Å². The van der Waals surface area contributed by atoms with Crippen LogP contribution in [-0.4, -0.2) is 10.2 Å². The number of hydrogen-bond donors (Lipinski definition) is 0. The Balaban J connectivity index is 0.000000315. The summed E-state index contributed by atoms with van der Waals surface area (Å²) < 4.78 is 1.91. The Morgan fingerprint density at radius 3 is 2.62 bits per heavy atom. The van der Waals surface area contributed by atoms with Gasteiger partial charge in [-0.15, -0.1) is 0 Å². The number of fused-ring (bicyclic) bond motifs is 1. The van der Waals surface area contributed by atoms with E-state index < -0.39 is 0 Å². The molecule has 0 atom stereocenters. The largest absolute Gasteiger partial charge is 0.314 e. The highest BCUT2D eigenvalue weighted by molar-refractivity contribution is 6.07. The molecule has 0 aromatic carbocycles. The molecular formula is C18H20N2O. The summed E-state index contributed by atoms with van der Waals surface area (Å²) in [4.78, 5) is 12.0. The first-order chi connectivity index (χ1) is 10.2. The molecule has 0 amide bonds. The molecule has 0 saturated heterocycles. The van der Waals surface area contributed by atoms with Crippen LogP contribution in [0.2, 0.25) is 0 Å². The topological polar surface area (TPSA) is 45.3 Å². The highest BCUT2D eigenvalue weighted by Crippen LogP contribution is 2.13. The Hall–Kier alpha value is -2.60. The van der Waals surface area contributed by atoms with Crippen LogP contribution >= 0.6 is 0 Å². The molecule has 0 aliphatic heterocycles. The van der Waals surface area contributed by atoms with Gasteiger partial charge >= 0.3 is 0 Å². The Bertz CT molecular complexity index is 699. The van der Waals surface area contributed by atoms with E-state index in [0.29, 0.717) is 6.42 Å². The molecule has 3 heteroatoms. The van der Waals surface area contributed by atoms with Crippen molar-refractivity contribution in [3.05, 3.63) is 66.0 Å². The Labute approximate surface area is 125 Å². The zero-order valence-electron chi connectivity index (χ0n) is 12.7. The van der Waals surface area contributed by atoms with Gasteiger partial charge in [-0.3, -0.25) is 4.79 Å². The molecule has 0 bridgehead atoms. The van der Waals surface area contributed by atoms with Crippen molar-refractivity contribution in [2.24, 2.45) is 0 Å². The second-order valence-electron chi connectivity index (χ2n) is 4.45. The van der Waals surface area contributed by atoms with Crippen molar-refractivity contribution in [1.29, 1.82) is 5.26 Å². The number of nitriles is 1. The molecule has 21 heavy (non-hydrogen) atoms. The first-order valence-corrected chi connectivity index (χ1v) is 6.87. The van der Waals surface area contributed by atoms with E-state index >= 15 is 0 Å². The molecule has 2 rings (SSSR count). The summed E-state index contributed by atoms with van der Waals surface area (Å²) in [5, 5.41) is 7.90. The highest BCUT2D eigenvalue weighted by Gasteiger charge is 2.11. The van der Waals surface area contributed by atoms with Gasteiger partial charge in [0.1, 0.15) is 0 Å². The van der Waals surface area contributed by atoms with E-state index in [0.717, 1.165) is 16.8 Å². The fourth-order valence-electron chi connectivity index (χ4n) is 1.74. The standard InChI is InChI=1S/C13H13NO.C5H7N/c1-3-10(2)13(15)12-8-7-11-6-4-5-9-14(11)12;1-2-3-4-5-6/h3-9H,1-2H3;2-3H,4H2,1H3/b10-3+;3-2-. The summed E-state index contributed by atoms with van der Waals surface area (Å²) in [6.07, 6.45) is 7.97. The van der Waals surface area contributed by atoms with Crippen LogP contribution in [0, 0.1) is 11.3 Å². The molecule has 2 aromatic rings. The molecule has 108 valence electrons. The van der Waals surface area contributed by atoms with Gasteiger partial charge in [0.2, 0.25) is 5.78 Å². The summed E-state index contributed by atoms with van der Waals surface area (Å²) in [5.41, 5.74) is 2.55. The van der Waals surface area contributed by atoms with Crippen molar-refractivity contribution < 1.29 is 4.79 Å². The maximum absolute atomic E-state index is 12.0. The van der Waals surface area contributed by atoms with E-state index in [4.69, 9.17) is 5.26 Å². The van der Waals surface area contributed by atoms with Gasteiger partial charge in [0.25, 0.3) is 0 Å².